The molecule has 0 saturated carbocycles. The van der Waals surface area contributed by atoms with Crippen molar-refractivity contribution in [2.24, 2.45) is 4.99 Å². The molecule has 18 heavy (non-hydrogen) atoms. The Kier molecular flexibility index (Phi) is 2.83. The molecule has 3 rings (SSSR count). The van der Waals surface area contributed by atoms with Crippen LogP contribution in [0.5, 0.6) is 5.75 Å². The van der Waals surface area contributed by atoms with Crippen molar-refractivity contribution in [1.82, 2.24) is 4.98 Å². The van der Waals surface area contributed by atoms with Crippen molar-refractivity contribution in [2.45, 2.75) is 12.6 Å². The van der Waals surface area contributed by atoms with Gasteiger partial charge in [-0.1, -0.05) is 0 Å². The number of hydrogen-bond donors (Lipinski definition) is 0. The average molecular weight is 262 g/mol. The Hall–Kier alpha value is -1.75. The second-order valence-electron chi connectivity index (χ2n) is 4.03. The molecular formula is C13H11FN2OS. The van der Waals surface area contributed by atoms with Gasteiger partial charge in [0, 0.05) is 30.5 Å². The van der Waals surface area contributed by atoms with Crippen LogP contribution in [-0.2, 0) is 0 Å². The molecule has 3 nitrogen and oxygen atoms in total. The Morgan fingerprint density at radius 3 is 3.11 bits per heavy atom. The van der Waals surface area contributed by atoms with E-state index in [1.165, 1.54) is 6.21 Å². The number of aliphatic imine (C=N–C) groups is 1. The smallest absolute Gasteiger partial charge is 0.139 e. The molecule has 5 heteroatoms. The zero-order valence-corrected chi connectivity index (χ0v) is 10.6. The number of hydrogen-bond acceptors (Lipinski definition) is 4. The monoisotopic (exact) mass is 262 g/mol. The van der Waals surface area contributed by atoms with Gasteiger partial charge in [-0.2, -0.15) is 0 Å². The predicted octanol–water partition coefficient (Wildman–Crippen LogP) is 3.46. The van der Waals surface area contributed by atoms with Gasteiger partial charge in [0.2, 0.25) is 0 Å². The van der Waals surface area contributed by atoms with Crippen LogP contribution in [0, 0.1) is 0 Å². The van der Waals surface area contributed by atoms with E-state index in [-0.39, 0.29) is 0 Å². The number of allylic oxidation sites excluding steroid dienone is 1. The summed E-state index contributed by atoms with van der Waals surface area (Å²) in [5, 5.41) is 0.831. The first-order valence-electron chi connectivity index (χ1n) is 5.57. The van der Waals surface area contributed by atoms with E-state index in [2.05, 4.69) is 9.98 Å². The van der Waals surface area contributed by atoms with E-state index in [1.807, 2.05) is 18.2 Å². The lowest BCUT2D eigenvalue weighted by Gasteiger charge is -2.07. The Morgan fingerprint density at radius 2 is 2.33 bits per heavy atom. The summed E-state index contributed by atoms with van der Waals surface area (Å²) in [6.07, 6.45) is 2.34. The molecule has 0 bridgehead atoms. The number of alkyl halides is 1. The Bertz CT molecular complexity index is 647. The standard InChI is InChI=1S/C13H11FN2OS/c1-17-10-2-3-12-11(5-10)16-13(18-12)8-4-9(14)7-15-6-8/h2-3,5-7,9H,4H2,1H3. The van der Waals surface area contributed by atoms with Gasteiger partial charge < -0.3 is 4.74 Å². The number of aromatic nitrogens is 1. The maximum atomic E-state index is 13.3. The third-order valence-corrected chi connectivity index (χ3v) is 3.87. The number of thiazole rings is 1. The van der Waals surface area contributed by atoms with E-state index < -0.39 is 6.17 Å². The highest BCUT2D eigenvalue weighted by molar-refractivity contribution is 7.19. The third-order valence-electron chi connectivity index (χ3n) is 2.76. The van der Waals surface area contributed by atoms with Gasteiger partial charge in [-0.25, -0.2) is 9.37 Å². The van der Waals surface area contributed by atoms with Gasteiger partial charge in [-0.05, 0) is 12.1 Å². The van der Waals surface area contributed by atoms with E-state index in [9.17, 15) is 4.39 Å². The predicted molar refractivity (Wildman–Crippen MR) is 72.2 cm³/mol. The van der Waals surface area contributed by atoms with Gasteiger partial charge in [0.05, 0.1) is 17.3 Å². The van der Waals surface area contributed by atoms with Crippen molar-refractivity contribution in [3.05, 3.63) is 29.4 Å². The van der Waals surface area contributed by atoms with Crippen LogP contribution in [0.4, 0.5) is 4.39 Å². The molecule has 0 N–H and O–H groups in total. The maximum absolute atomic E-state index is 13.3. The van der Waals surface area contributed by atoms with E-state index in [4.69, 9.17) is 4.74 Å². The molecule has 92 valence electrons. The molecular weight excluding hydrogens is 251 g/mol. The van der Waals surface area contributed by atoms with Gasteiger partial charge in [-0.3, -0.25) is 4.99 Å². The lowest BCUT2D eigenvalue weighted by molar-refractivity contribution is 0.415. The van der Waals surface area contributed by atoms with Crippen LogP contribution in [0.2, 0.25) is 0 Å². The number of benzene rings is 1. The minimum absolute atomic E-state index is 0.348. The van der Waals surface area contributed by atoms with Crippen LogP contribution < -0.4 is 4.74 Å². The summed E-state index contributed by atoms with van der Waals surface area (Å²) in [4.78, 5) is 8.41. The number of rotatable bonds is 2. The third kappa shape index (κ3) is 2.01. The van der Waals surface area contributed by atoms with Crippen LogP contribution >= 0.6 is 11.3 Å². The normalized spacial score (nSPS) is 19.0. The van der Waals surface area contributed by atoms with Gasteiger partial charge in [0.1, 0.15) is 16.9 Å². The van der Waals surface area contributed by atoms with E-state index in [1.54, 1.807) is 24.6 Å². The van der Waals surface area contributed by atoms with E-state index >= 15 is 0 Å². The second-order valence-corrected chi connectivity index (χ2v) is 5.06. The van der Waals surface area contributed by atoms with Crippen molar-refractivity contribution in [3.8, 4) is 5.75 Å². The summed E-state index contributed by atoms with van der Waals surface area (Å²) in [6, 6.07) is 5.75. The first-order chi connectivity index (χ1) is 8.76. The molecule has 2 heterocycles. The zero-order valence-electron chi connectivity index (χ0n) is 9.76. The largest absolute Gasteiger partial charge is 0.497 e. The highest BCUT2D eigenvalue weighted by Gasteiger charge is 2.16. The molecule has 0 spiro atoms. The molecule has 1 atom stereocenters. The van der Waals surface area contributed by atoms with Crippen LogP contribution in [0.25, 0.3) is 15.8 Å². The minimum Gasteiger partial charge on any atom is -0.497 e. The summed E-state index contributed by atoms with van der Waals surface area (Å²) in [5.41, 5.74) is 1.73. The van der Waals surface area contributed by atoms with Crippen LogP contribution in [0.15, 0.2) is 29.4 Å². The molecule has 1 aromatic heterocycles. The SMILES string of the molecule is COc1ccc2sc(C3=CN=CC(F)C3)nc2c1. The number of halogens is 1. The average Bonchev–Trinajstić information content (AvgIpc) is 2.81. The molecule has 1 aromatic carbocycles. The highest BCUT2D eigenvalue weighted by atomic mass is 32.1. The zero-order chi connectivity index (χ0) is 12.5. The van der Waals surface area contributed by atoms with Gasteiger partial charge in [0.25, 0.3) is 0 Å². The first-order valence-corrected chi connectivity index (χ1v) is 6.39. The molecule has 0 aliphatic carbocycles. The summed E-state index contributed by atoms with van der Waals surface area (Å²) in [6.45, 7) is 0. The fraction of sp³-hybridized carbons (Fsp3) is 0.231. The van der Waals surface area contributed by atoms with Crippen molar-refractivity contribution in [1.29, 1.82) is 0 Å². The van der Waals surface area contributed by atoms with Crippen LogP contribution in [0.3, 0.4) is 0 Å². The number of fused-ring (bicyclic) bond motifs is 1. The number of ether oxygens (including phenoxy) is 1. The molecule has 1 unspecified atom stereocenters. The fourth-order valence-corrected chi connectivity index (χ4v) is 2.82. The van der Waals surface area contributed by atoms with Crippen molar-refractivity contribution >= 4 is 33.3 Å². The topological polar surface area (TPSA) is 34.5 Å². The van der Waals surface area contributed by atoms with Crippen molar-refractivity contribution < 1.29 is 9.13 Å². The molecule has 1 aliphatic heterocycles. The second kappa shape index (κ2) is 4.49. The quantitative estimate of drug-likeness (QED) is 0.830. The molecule has 0 saturated heterocycles. The molecule has 2 aromatic rings. The lowest BCUT2D eigenvalue weighted by Crippen LogP contribution is -2.06. The first kappa shape index (κ1) is 11.3. The van der Waals surface area contributed by atoms with Crippen LogP contribution in [-0.4, -0.2) is 24.5 Å². The van der Waals surface area contributed by atoms with Crippen molar-refractivity contribution in [3.63, 3.8) is 0 Å². The molecule has 0 fully saturated rings. The Labute approximate surface area is 108 Å². The highest BCUT2D eigenvalue weighted by Crippen LogP contribution is 2.32. The summed E-state index contributed by atoms with van der Waals surface area (Å²) in [7, 11) is 1.63. The lowest BCUT2D eigenvalue weighted by atomic mass is 10.1. The Balaban J connectivity index is 2.03. The van der Waals surface area contributed by atoms with Crippen molar-refractivity contribution in [2.75, 3.05) is 7.11 Å². The van der Waals surface area contributed by atoms with E-state index in [0.717, 1.165) is 26.5 Å². The maximum Gasteiger partial charge on any atom is 0.139 e. The van der Waals surface area contributed by atoms with Gasteiger partial charge >= 0.3 is 0 Å². The summed E-state index contributed by atoms with van der Waals surface area (Å²) in [5.74, 6) is 0.776. The number of nitrogens with zero attached hydrogens (tertiary/aromatic N) is 2. The van der Waals surface area contributed by atoms with Crippen LogP contribution in [0.1, 0.15) is 11.4 Å². The molecule has 1 aliphatic rings. The van der Waals surface area contributed by atoms with Gasteiger partial charge in [0.15, 0.2) is 0 Å². The summed E-state index contributed by atoms with van der Waals surface area (Å²) < 4.78 is 19.5. The number of methoxy groups -OCH3 is 1. The summed E-state index contributed by atoms with van der Waals surface area (Å²) >= 11 is 1.55. The van der Waals surface area contributed by atoms with Gasteiger partial charge in [-0.15, -0.1) is 11.3 Å². The minimum atomic E-state index is -1.01. The van der Waals surface area contributed by atoms with E-state index in [0.29, 0.717) is 6.42 Å². The fourth-order valence-electron chi connectivity index (χ4n) is 1.86. The Morgan fingerprint density at radius 1 is 1.44 bits per heavy atom. The molecule has 0 amide bonds. The molecule has 0 radical (unpaired) electrons.